The van der Waals surface area contributed by atoms with Crippen molar-refractivity contribution < 1.29 is 9.53 Å². The SMILES string of the molecule is CCOc1ccccc1NC(=O)/C(C#N)=C/c1c(C)nn(-c2ccccc2Cl)c1Cl. The van der Waals surface area contributed by atoms with Crippen LogP contribution in [0.2, 0.25) is 10.2 Å². The molecule has 0 unspecified atom stereocenters. The molecule has 1 heterocycles. The average molecular weight is 441 g/mol. The van der Waals surface area contributed by atoms with E-state index in [0.717, 1.165) is 0 Å². The van der Waals surface area contributed by atoms with Gasteiger partial charge >= 0.3 is 0 Å². The monoisotopic (exact) mass is 440 g/mol. The number of benzene rings is 2. The van der Waals surface area contributed by atoms with E-state index in [0.29, 0.717) is 40.0 Å². The Hall–Kier alpha value is -3.27. The van der Waals surface area contributed by atoms with Gasteiger partial charge in [-0.15, -0.1) is 0 Å². The highest BCUT2D eigenvalue weighted by Crippen LogP contribution is 2.29. The summed E-state index contributed by atoms with van der Waals surface area (Å²) >= 11 is 12.7. The lowest BCUT2D eigenvalue weighted by Gasteiger charge is -2.10. The van der Waals surface area contributed by atoms with Crippen LogP contribution in [0, 0.1) is 18.3 Å². The number of nitrogens with one attached hydrogen (secondary N) is 1. The molecule has 1 aromatic heterocycles. The minimum Gasteiger partial charge on any atom is -0.492 e. The summed E-state index contributed by atoms with van der Waals surface area (Å²) in [6, 6.07) is 16.0. The number of carbonyl (C=O) groups excluding carboxylic acids is 1. The van der Waals surface area contributed by atoms with Gasteiger partial charge in [0.1, 0.15) is 22.5 Å². The molecule has 152 valence electrons. The molecule has 30 heavy (non-hydrogen) atoms. The number of hydrogen-bond donors (Lipinski definition) is 1. The van der Waals surface area contributed by atoms with Crippen LogP contribution < -0.4 is 10.1 Å². The molecule has 0 radical (unpaired) electrons. The Morgan fingerprint density at radius 1 is 1.23 bits per heavy atom. The Kier molecular flexibility index (Phi) is 6.78. The number of rotatable bonds is 6. The molecule has 0 spiro atoms. The van der Waals surface area contributed by atoms with Gasteiger partial charge in [0.25, 0.3) is 5.91 Å². The summed E-state index contributed by atoms with van der Waals surface area (Å²) < 4.78 is 6.98. The number of aryl methyl sites for hydroxylation is 1. The first kappa shape index (κ1) is 21.4. The molecule has 0 aliphatic heterocycles. The van der Waals surface area contributed by atoms with Gasteiger partial charge in [0, 0.05) is 5.56 Å². The summed E-state index contributed by atoms with van der Waals surface area (Å²) in [7, 11) is 0. The van der Waals surface area contributed by atoms with Crippen molar-refractivity contribution in [1.82, 2.24) is 9.78 Å². The summed E-state index contributed by atoms with van der Waals surface area (Å²) in [4.78, 5) is 12.7. The number of nitrogens with zero attached hydrogens (tertiary/aromatic N) is 3. The van der Waals surface area contributed by atoms with E-state index in [-0.39, 0.29) is 10.7 Å². The fourth-order valence-corrected chi connectivity index (χ4v) is 3.33. The van der Waals surface area contributed by atoms with Gasteiger partial charge in [-0.1, -0.05) is 47.5 Å². The van der Waals surface area contributed by atoms with Crippen LogP contribution in [0.1, 0.15) is 18.2 Å². The number of anilines is 1. The van der Waals surface area contributed by atoms with Gasteiger partial charge in [-0.2, -0.15) is 10.4 Å². The molecule has 3 aromatic rings. The molecular weight excluding hydrogens is 423 g/mol. The normalized spacial score (nSPS) is 11.1. The van der Waals surface area contributed by atoms with Gasteiger partial charge in [-0.25, -0.2) is 4.68 Å². The van der Waals surface area contributed by atoms with Crippen molar-refractivity contribution in [1.29, 1.82) is 5.26 Å². The molecule has 0 bridgehead atoms. The second-order valence-corrected chi connectivity index (χ2v) is 6.97. The highest BCUT2D eigenvalue weighted by molar-refractivity contribution is 6.33. The second kappa shape index (κ2) is 9.49. The number of amides is 1. The van der Waals surface area contributed by atoms with Crippen molar-refractivity contribution in [2.24, 2.45) is 0 Å². The van der Waals surface area contributed by atoms with Crippen LogP contribution in [0.5, 0.6) is 5.75 Å². The molecule has 0 saturated carbocycles. The maximum atomic E-state index is 12.7. The van der Waals surface area contributed by atoms with Gasteiger partial charge in [0.15, 0.2) is 0 Å². The van der Waals surface area contributed by atoms with E-state index in [2.05, 4.69) is 10.4 Å². The predicted octanol–water partition coefficient (Wildman–Crippen LogP) is 5.43. The van der Waals surface area contributed by atoms with Crippen LogP contribution in [0.15, 0.2) is 54.1 Å². The number of nitriles is 1. The van der Waals surface area contributed by atoms with Crippen LogP contribution in [0.25, 0.3) is 11.8 Å². The van der Waals surface area contributed by atoms with E-state index in [9.17, 15) is 10.1 Å². The van der Waals surface area contributed by atoms with Crippen LogP contribution in [0.4, 0.5) is 5.69 Å². The van der Waals surface area contributed by atoms with Crippen molar-refractivity contribution >= 4 is 40.9 Å². The number of carbonyl (C=O) groups is 1. The molecule has 6 nitrogen and oxygen atoms in total. The molecule has 3 rings (SSSR count). The summed E-state index contributed by atoms with van der Waals surface area (Å²) in [6.07, 6.45) is 1.41. The van der Waals surface area contributed by atoms with E-state index in [4.69, 9.17) is 27.9 Å². The molecular formula is C22H18Cl2N4O2. The number of para-hydroxylation sites is 3. The number of ether oxygens (including phenoxy) is 1. The van der Waals surface area contributed by atoms with Crippen molar-refractivity contribution in [2.75, 3.05) is 11.9 Å². The number of hydrogen-bond acceptors (Lipinski definition) is 4. The Bertz CT molecular complexity index is 1160. The van der Waals surface area contributed by atoms with E-state index in [1.54, 1.807) is 49.4 Å². The van der Waals surface area contributed by atoms with E-state index in [1.807, 2.05) is 19.1 Å². The maximum absolute atomic E-state index is 12.7. The topological polar surface area (TPSA) is 79.9 Å². The highest BCUT2D eigenvalue weighted by Gasteiger charge is 2.18. The average Bonchev–Trinajstić information content (AvgIpc) is 3.01. The van der Waals surface area contributed by atoms with Crippen LogP contribution in [-0.2, 0) is 4.79 Å². The maximum Gasteiger partial charge on any atom is 0.266 e. The quantitative estimate of drug-likeness (QED) is 0.409. The first-order valence-electron chi connectivity index (χ1n) is 9.11. The van der Waals surface area contributed by atoms with Crippen molar-refractivity contribution in [2.45, 2.75) is 13.8 Å². The first-order chi connectivity index (χ1) is 14.5. The molecule has 0 fully saturated rings. The molecule has 1 N–H and O–H groups in total. The van der Waals surface area contributed by atoms with Gasteiger partial charge in [-0.3, -0.25) is 4.79 Å². The predicted molar refractivity (Wildman–Crippen MR) is 118 cm³/mol. The van der Waals surface area contributed by atoms with Crippen molar-refractivity contribution in [3.05, 3.63) is 75.5 Å². The van der Waals surface area contributed by atoms with Crippen molar-refractivity contribution in [3.63, 3.8) is 0 Å². The zero-order valence-corrected chi connectivity index (χ0v) is 17.8. The largest absolute Gasteiger partial charge is 0.492 e. The Labute approximate surface area is 184 Å². The van der Waals surface area contributed by atoms with Gasteiger partial charge < -0.3 is 10.1 Å². The molecule has 8 heteroatoms. The molecule has 1 amide bonds. The first-order valence-corrected chi connectivity index (χ1v) is 9.86. The molecule has 0 aliphatic rings. The third kappa shape index (κ3) is 4.48. The minimum absolute atomic E-state index is 0.120. The Morgan fingerprint density at radius 2 is 1.93 bits per heavy atom. The lowest BCUT2D eigenvalue weighted by Crippen LogP contribution is -2.14. The summed E-state index contributed by atoms with van der Waals surface area (Å²) in [6.45, 7) is 4.03. The zero-order chi connectivity index (χ0) is 21.7. The molecule has 0 aliphatic carbocycles. The molecule has 2 aromatic carbocycles. The minimum atomic E-state index is -0.578. The summed E-state index contributed by atoms with van der Waals surface area (Å²) in [5.41, 5.74) is 1.96. The van der Waals surface area contributed by atoms with Gasteiger partial charge in [0.05, 0.1) is 28.7 Å². The summed E-state index contributed by atoms with van der Waals surface area (Å²) in [5, 5.41) is 17.4. The van der Waals surface area contributed by atoms with Gasteiger partial charge in [0.2, 0.25) is 0 Å². The number of halogens is 2. The second-order valence-electron chi connectivity index (χ2n) is 6.21. The standard InChI is InChI=1S/C22H18Cl2N4O2/c1-3-30-20-11-7-5-9-18(20)26-22(29)15(13-25)12-16-14(2)27-28(21(16)24)19-10-6-4-8-17(19)23/h4-12H,3H2,1-2H3,(H,26,29)/b15-12+. The summed E-state index contributed by atoms with van der Waals surface area (Å²) in [5.74, 6) is -0.0583. The Morgan fingerprint density at radius 3 is 2.63 bits per heavy atom. The van der Waals surface area contributed by atoms with E-state index in [1.165, 1.54) is 10.8 Å². The third-order valence-electron chi connectivity index (χ3n) is 4.22. The van der Waals surface area contributed by atoms with Crippen LogP contribution in [0.3, 0.4) is 0 Å². The molecule has 0 saturated heterocycles. The van der Waals surface area contributed by atoms with E-state index >= 15 is 0 Å². The highest BCUT2D eigenvalue weighted by atomic mass is 35.5. The molecule has 0 atom stereocenters. The smallest absolute Gasteiger partial charge is 0.266 e. The fraction of sp³-hybridized carbons (Fsp3) is 0.136. The van der Waals surface area contributed by atoms with Crippen molar-refractivity contribution in [3.8, 4) is 17.5 Å². The third-order valence-corrected chi connectivity index (χ3v) is 4.90. The van der Waals surface area contributed by atoms with Crippen LogP contribution >= 0.6 is 23.2 Å². The van der Waals surface area contributed by atoms with Crippen LogP contribution in [-0.4, -0.2) is 22.3 Å². The lowest BCUT2D eigenvalue weighted by molar-refractivity contribution is -0.112. The van der Waals surface area contributed by atoms with E-state index < -0.39 is 5.91 Å². The fourth-order valence-electron chi connectivity index (χ4n) is 2.79. The Balaban J connectivity index is 1.95. The number of aromatic nitrogens is 2. The lowest BCUT2D eigenvalue weighted by atomic mass is 10.1. The van der Waals surface area contributed by atoms with Gasteiger partial charge in [-0.05, 0) is 44.2 Å². The zero-order valence-electron chi connectivity index (χ0n) is 16.3.